The molecule has 0 fully saturated rings. The molecule has 114 valence electrons. The molecule has 0 saturated heterocycles. The van der Waals surface area contributed by atoms with Crippen molar-refractivity contribution in [1.82, 2.24) is 5.32 Å². The highest BCUT2D eigenvalue weighted by Gasteiger charge is 2.10. The lowest BCUT2D eigenvalue weighted by Crippen LogP contribution is -2.28. The van der Waals surface area contributed by atoms with Gasteiger partial charge in [0.2, 0.25) is 0 Å². The maximum Gasteiger partial charge on any atom is 0.0177 e. The van der Waals surface area contributed by atoms with Crippen molar-refractivity contribution < 1.29 is 0 Å². The first-order valence-electron chi connectivity index (χ1n) is 7.64. The minimum atomic E-state index is 0.728. The fourth-order valence-electron chi connectivity index (χ4n) is 2.24. The average Bonchev–Trinajstić information content (AvgIpc) is 2.38. The van der Waals surface area contributed by atoms with Crippen LogP contribution in [0, 0.1) is 11.8 Å². The minimum Gasteiger partial charge on any atom is -0.316 e. The molecule has 0 saturated carbocycles. The highest BCUT2D eigenvalue weighted by atomic mass is 79.9. The molecule has 0 aliphatic heterocycles. The fraction of sp³-hybridized carbons (Fsp3) is 0.647. The van der Waals surface area contributed by atoms with E-state index in [-0.39, 0.29) is 0 Å². The van der Waals surface area contributed by atoms with Gasteiger partial charge in [0, 0.05) is 4.47 Å². The summed E-state index contributed by atoms with van der Waals surface area (Å²) in [4.78, 5) is 0. The molecule has 0 heterocycles. The van der Waals surface area contributed by atoms with Crippen molar-refractivity contribution in [3.63, 3.8) is 0 Å². The van der Waals surface area contributed by atoms with E-state index >= 15 is 0 Å². The maximum absolute atomic E-state index is 3.63. The molecule has 1 aromatic carbocycles. The molecule has 1 rings (SSSR count). The fourth-order valence-corrected chi connectivity index (χ4v) is 3.48. The summed E-state index contributed by atoms with van der Waals surface area (Å²) >= 11 is 5.62. The summed E-state index contributed by atoms with van der Waals surface area (Å²) < 4.78 is 1.19. The SMILES string of the molecule is CCSCCC(CNCC(C)C)Cc1cccc(Br)c1. The lowest BCUT2D eigenvalue weighted by atomic mass is 9.96. The second-order valence-electron chi connectivity index (χ2n) is 5.74. The van der Waals surface area contributed by atoms with Gasteiger partial charge in [0.25, 0.3) is 0 Å². The van der Waals surface area contributed by atoms with Gasteiger partial charge in [0.1, 0.15) is 0 Å². The van der Waals surface area contributed by atoms with Gasteiger partial charge in [-0.1, -0.05) is 48.8 Å². The van der Waals surface area contributed by atoms with E-state index in [1.165, 1.54) is 34.4 Å². The predicted octanol–water partition coefficient (Wildman–Crippen LogP) is 5.00. The number of hydrogen-bond acceptors (Lipinski definition) is 2. The van der Waals surface area contributed by atoms with Crippen molar-refractivity contribution in [3.8, 4) is 0 Å². The smallest absolute Gasteiger partial charge is 0.0177 e. The molecule has 1 nitrogen and oxygen atoms in total. The van der Waals surface area contributed by atoms with Crippen LogP contribution in [0.2, 0.25) is 0 Å². The molecular weight excluding hydrogens is 330 g/mol. The Balaban J connectivity index is 2.47. The number of benzene rings is 1. The van der Waals surface area contributed by atoms with E-state index in [4.69, 9.17) is 0 Å². The summed E-state index contributed by atoms with van der Waals surface area (Å²) in [5.74, 6) is 3.97. The Labute approximate surface area is 137 Å². The summed E-state index contributed by atoms with van der Waals surface area (Å²) in [5, 5.41) is 3.63. The molecular formula is C17H28BrNS. The maximum atomic E-state index is 3.63. The Bertz CT molecular complexity index is 368. The predicted molar refractivity (Wildman–Crippen MR) is 96.7 cm³/mol. The van der Waals surface area contributed by atoms with Crippen LogP contribution >= 0.6 is 27.7 Å². The molecule has 20 heavy (non-hydrogen) atoms. The van der Waals surface area contributed by atoms with Crippen LogP contribution in [0.3, 0.4) is 0 Å². The van der Waals surface area contributed by atoms with E-state index in [0.29, 0.717) is 0 Å². The molecule has 0 bridgehead atoms. The Morgan fingerprint density at radius 1 is 1.25 bits per heavy atom. The van der Waals surface area contributed by atoms with E-state index in [0.717, 1.165) is 24.9 Å². The molecule has 1 aromatic rings. The van der Waals surface area contributed by atoms with Gasteiger partial charge in [0.05, 0.1) is 0 Å². The van der Waals surface area contributed by atoms with Gasteiger partial charge in [0.15, 0.2) is 0 Å². The quantitative estimate of drug-likeness (QED) is 0.591. The second-order valence-corrected chi connectivity index (χ2v) is 8.05. The van der Waals surface area contributed by atoms with Crippen molar-refractivity contribution in [2.45, 2.75) is 33.6 Å². The van der Waals surface area contributed by atoms with Crippen LogP contribution in [0.1, 0.15) is 32.8 Å². The largest absolute Gasteiger partial charge is 0.316 e. The van der Waals surface area contributed by atoms with Crippen LogP contribution in [-0.4, -0.2) is 24.6 Å². The topological polar surface area (TPSA) is 12.0 Å². The van der Waals surface area contributed by atoms with Crippen molar-refractivity contribution in [2.75, 3.05) is 24.6 Å². The third-order valence-corrected chi connectivity index (χ3v) is 4.70. The molecule has 1 unspecified atom stereocenters. The van der Waals surface area contributed by atoms with Gasteiger partial charge in [-0.15, -0.1) is 0 Å². The zero-order chi connectivity index (χ0) is 14.8. The van der Waals surface area contributed by atoms with Crippen molar-refractivity contribution >= 4 is 27.7 Å². The number of halogens is 1. The van der Waals surface area contributed by atoms with Crippen LogP contribution < -0.4 is 5.32 Å². The highest BCUT2D eigenvalue weighted by molar-refractivity contribution is 9.10. The monoisotopic (exact) mass is 357 g/mol. The third kappa shape index (κ3) is 8.33. The van der Waals surface area contributed by atoms with Crippen LogP contribution in [0.15, 0.2) is 28.7 Å². The molecule has 0 aliphatic carbocycles. The van der Waals surface area contributed by atoms with Gasteiger partial charge in [-0.2, -0.15) is 11.8 Å². The van der Waals surface area contributed by atoms with E-state index in [1.54, 1.807) is 0 Å². The number of rotatable bonds is 10. The number of thioether (sulfide) groups is 1. The number of hydrogen-bond donors (Lipinski definition) is 1. The summed E-state index contributed by atoms with van der Waals surface area (Å²) in [6, 6.07) is 8.73. The molecule has 0 spiro atoms. The Morgan fingerprint density at radius 2 is 2.05 bits per heavy atom. The molecule has 1 N–H and O–H groups in total. The number of nitrogens with one attached hydrogen (secondary N) is 1. The lowest BCUT2D eigenvalue weighted by Gasteiger charge is -2.18. The van der Waals surface area contributed by atoms with Gasteiger partial charge in [-0.05, 0) is 67.0 Å². The first-order chi connectivity index (χ1) is 9.61. The molecule has 3 heteroatoms. The van der Waals surface area contributed by atoms with Crippen molar-refractivity contribution in [3.05, 3.63) is 34.3 Å². The van der Waals surface area contributed by atoms with Crippen LogP contribution in [0.5, 0.6) is 0 Å². The third-order valence-electron chi connectivity index (χ3n) is 3.27. The normalized spacial score (nSPS) is 12.8. The van der Waals surface area contributed by atoms with E-state index in [1.807, 2.05) is 0 Å². The van der Waals surface area contributed by atoms with Gasteiger partial charge in [-0.25, -0.2) is 0 Å². The van der Waals surface area contributed by atoms with Crippen LogP contribution in [-0.2, 0) is 6.42 Å². The van der Waals surface area contributed by atoms with E-state index in [9.17, 15) is 0 Å². The van der Waals surface area contributed by atoms with Crippen molar-refractivity contribution in [2.24, 2.45) is 11.8 Å². The summed E-state index contributed by atoms with van der Waals surface area (Å²) in [7, 11) is 0. The van der Waals surface area contributed by atoms with E-state index < -0.39 is 0 Å². The van der Waals surface area contributed by atoms with Crippen LogP contribution in [0.4, 0.5) is 0 Å². The summed E-state index contributed by atoms with van der Waals surface area (Å²) in [6.07, 6.45) is 2.48. The Kier molecular flexibility index (Phi) is 9.66. The van der Waals surface area contributed by atoms with Gasteiger partial charge >= 0.3 is 0 Å². The first-order valence-corrected chi connectivity index (χ1v) is 9.59. The Hall–Kier alpha value is 0.01000. The van der Waals surface area contributed by atoms with Crippen molar-refractivity contribution in [1.29, 1.82) is 0 Å². The minimum absolute atomic E-state index is 0.728. The van der Waals surface area contributed by atoms with Gasteiger partial charge in [-0.3, -0.25) is 0 Å². The molecule has 0 amide bonds. The molecule has 0 aliphatic rings. The first kappa shape index (κ1) is 18.1. The average molecular weight is 358 g/mol. The molecule has 0 aromatic heterocycles. The summed E-state index contributed by atoms with van der Waals surface area (Å²) in [6.45, 7) is 9.03. The molecule has 0 radical (unpaired) electrons. The lowest BCUT2D eigenvalue weighted by molar-refractivity contribution is 0.440. The summed E-state index contributed by atoms with van der Waals surface area (Å²) in [5.41, 5.74) is 1.44. The molecule has 1 atom stereocenters. The zero-order valence-corrected chi connectivity index (χ0v) is 15.4. The van der Waals surface area contributed by atoms with Gasteiger partial charge < -0.3 is 5.32 Å². The second kappa shape index (κ2) is 10.7. The highest BCUT2D eigenvalue weighted by Crippen LogP contribution is 2.18. The van der Waals surface area contributed by atoms with E-state index in [2.05, 4.69) is 78.0 Å². The van der Waals surface area contributed by atoms with Crippen LogP contribution in [0.25, 0.3) is 0 Å². The Morgan fingerprint density at radius 3 is 2.70 bits per heavy atom. The standard InChI is InChI=1S/C17H28BrNS/c1-4-20-9-8-16(13-19-12-14(2)3)10-15-6-5-7-17(18)11-15/h5-7,11,14,16,19H,4,8-10,12-13H2,1-3H3. The zero-order valence-electron chi connectivity index (χ0n) is 13.0.